The molecule has 3 rings (SSSR count). The molecule has 0 unspecified atom stereocenters. The number of hydrogen-bond acceptors (Lipinski definition) is 3. The van der Waals surface area contributed by atoms with E-state index in [-0.39, 0.29) is 17.2 Å². The number of sulfonamides is 1. The molecule has 0 bridgehead atoms. The van der Waals surface area contributed by atoms with E-state index < -0.39 is 10.0 Å². The second kappa shape index (κ2) is 9.11. The van der Waals surface area contributed by atoms with E-state index in [1.54, 1.807) is 30.3 Å². The van der Waals surface area contributed by atoms with E-state index in [9.17, 15) is 13.2 Å². The van der Waals surface area contributed by atoms with Crippen molar-refractivity contribution < 1.29 is 13.2 Å². The van der Waals surface area contributed by atoms with Crippen molar-refractivity contribution in [1.82, 2.24) is 0 Å². The largest absolute Gasteiger partial charge is 0.326 e. The molecular formula is C22H21ClN2O3S. The smallest absolute Gasteiger partial charge is 0.261 e. The Labute approximate surface area is 175 Å². The quantitative estimate of drug-likeness (QED) is 0.554. The van der Waals surface area contributed by atoms with E-state index in [2.05, 4.69) is 10.0 Å². The highest BCUT2D eigenvalue weighted by molar-refractivity contribution is 7.92. The van der Waals surface area contributed by atoms with Crippen molar-refractivity contribution >= 4 is 38.9 Å². The summed E-state index contributed by atoms with van der Waals surface area (Å²) in [7, 11) is -3.70. The van der Waals surface area contributed by atoms with Crippen LogP contribution >= 0.6 is 11.6 Å². The van der Waals surface area contributed by atoms with Crippen LogP contribution in [0.25, 0.3) is 0 Å². The van der Waals surface area contributed by atoms with Gasteiger partial charge in [0.25, 0.3) is 10.0 Å². The first kappa shape index (κ1) is 20.9. The molecule has 0 spiro atoms. The van der Waals surface area contributed by atoms with Crippen LogP contribution in [0.3, 0.4) is 0 Å². The Bertz CT molecular complexity index is 1100. The molecule has 150 valence electrons. The Hall–Kier alpha value is -2.83. The minimum absolute atomic E-state index is 0.118. The lowest BCUT2D eigenvalue weighted by Crippen LogP contribution is -2.14. The average Bonchev–Trinajstić information content (AvgIpc) is 2.69. The summed E-state index contributed by atoms with van der Waals surface area (Å²) in [6, 6.07) is 20.5. The van der Waals surface area contributed by atoms with Gasteiger partial charge in [-0.1, -0.05) is 47.5 Å². The highest BCUT2D eigenvalue weighted by atomic mass is 35.5. The summed E-state index contributed by atoms with van der Waals surface area (Å²) in [6.45, 7) is 1.93. The van der Waals surface area contributed by atoms with Crippen molar-refractivity contribution in [3.8, 4) is 0 Å². The topological polar surface area (TPSA) is 75.3 Å². The molecule has 3 aromatic rings. The fraction of sp³-hybridized carbons (Fsp3) is 0.136. The van der Waals surface area contributed by atoms with Gasteiger partial charge in [-0.3, -0.25) is 9.52 Å². The fourth-order valence-electron chi connectivity index (χ4n) is 2.73. The second-order valence-electron chi connectivity index (χ2n) is 6.64. The summed E-state index contributed by atoms with van der Waals surface area (Å²) in [5.74, 6) is -0.168. The Kier molecular flexibility index (Phi) is 6.56. The van der Waals surface area contributed by atoms with Crippen molar-refractivity contribution in [3.05, 3.63) is 88.9 Å². The second-order valence-corrected chi connectivity index (χ2v) is 8.73. The molecule has 3 aromatic carbocycles. The molecule has 0 fully saturated rings. The molecule has 5 nitrogen and oxygen atoms in total. The number of nitrogens with one attached hydrogen (secondary N) is 2. The molecule has 0 heterocycles. The van der Waals surface area contributed by atoms with Gasteiger partial charge in [0.2, 0.25) is 5.91 Å². The average molecular weight is 429 g/mol. The van der Waals surface area contributed by atoms with Gasteiger partial charge in [0.15, 0.2) is 0 Å². The number of anilines is 2. The van der Waals surface area contributed by atoms with Gasteiger partial charge >= 0.3 is 0 Å². The molecule has 0 atom stereocenters. The molecule has 0 saturated heterocycles. The first-order valence-corrected chi connectivity index (χ1v) is 10.9. The maximum Gasteiger partial charge on any atom is 0.261 e. The predicted octanol–water partition coefficient (Wildman–Crippen LogP) is 5.02. The van der Waals surface area contributed by atoms with E-state index in [1.165, 1.54) is 12.1 Å². The zero-order valence-corrected chi connectivity index (χ0v) is 17.4. The van der Waals surface area contributed by atoms with Gasteiger partial charge in [-0.05, 0) is 61.4 Å². The van der Waals surface area contributed by atoms with Gasteiger partial charge in [-0.25, -0.2) is 8.42 Å². The number of benzene rings is 3. The predicted molar refractivity (Wildman–Crippen MR) is 117 cm³/mol. The van der Waals surface area contributed by atoms with Crippen LogP contribution in [-0.2, 0) is 21.2 Å². The normalized spacial score (nSPS) is 11.1. The van der Waals surface area contributed by atoms with Crippen LogP contribution < -0.4 is 10.0 Å². The maximum atomic E-state index is 12.5. The van der Waals surface area contributed by atoms with Crippen LogP contribution in [0.1, 0.15) is 17.5 Å². The highest BCUT2D eigenvalue weighted by Crippen LogP contribution is 2.20. The SMILES string of the molecule is Cc1ccc(NS(=O)(=O)c2ccc(NC(=O)CCc3ccccc3Cl)cc2)cc1. The lowest BCUT2D eigenvalue weighted by Gasteiger charge is -2.10. The van der Waals surface area contributed by atoms with Crippen LogP contribution in [0.5, 0.6) is 0 Å². The van der Waals surface area contributed by atoms with Crippen LogP contribution in [-0.4, -0.2) is 14.3 Å². The van der Waals surface area contributed by atoms with E-state index in [1.807, 2.05) is 37.3 Å². The van der Waals surface area contributed by atoms with Crippen LogP contribution in [0.2, 0.25) is 5.02 Å². The highest BCUT2D eigenvalue weighted by Gasteiger charge is 2.14. The maximum absolute atomic E-state index is 12.5. The number of aryl methyl sites for hydroxylation is 2. The first-order chi connectivity index (χ1) is 13.8. The lowest BCUT2D eigenvalue weighted by molar-refractivity contribution is -0.116. The third kappa shape index (κ3) is 5.82. The number of halogens is 1. The molecular weight excluding hydrogens is 408 g/mol. The summed E-state index contributed by atoms with van der Waals surface area (Å²) in [5, 5.41) is 3.40. The Morgan fingerprint density at radius 1 is 0.897 bits per heavy atom. The summed E-state index contributed by atoms with van der Waals surface area (Å²) < 4.78 is 27.5. The molecule has 0 aliphatic heterocycles. The summed E-state index contributed by atoms with van der Waals surface area (Å²) in [6.07, 6.45) is 0.803. The standard InChI is InChI=1S/C22H21ClN2O3S/c1-16-6-9-19(10-7-16)25-29(27,28)20-13-11-18(12-14-20)24-22(26)15-8-17-4-2-3-5-21(17)23/h2-7,9-14,25H,8,15H2,1H3,(H,24,26). The first-order valence-electron chi connectivity index (χ1n) is 9.06. The van der Waals surface area contributed by atoms with E-state index in [0.29, 0.717) is 22.8 Å². The van der Waals surface area contributed by atoms with Crippen molar-refractivity contribution in [3.63, 3.8) is 0 Å². The van der Waals surface area contributed by atoms with Crippen molar-refractivity contribution in [2.75, 3.05) is 10.0 Å². The lowest BCUT2D eigenvalue weighted by atomic mass is 10.1. The monoisotopic (exact) mass is 428 g/mol. The zero-order valence-electron chi connectivity index (χ0n) is 15.9. The molecule has 0 radical (unpaired) electrons. The van der Waals surface area contributed by atoms with E-state index >= 15 is 0 Å². The Balaban J connectivity index is 1.59. The molecule has 0 aliphatic rings. The molecule has 29 heavy (non-hydrogen) atoms. The van der Waals surface area contributed by atoms with Crippen molar-refractivity contribution in [2.45, 2.75) is 24.7 Å². The zero-order chi connectivity index (χ0) is 20.9. The molecule has 0 aromatic heterocycles. The van der Waals surface area contributed by atoms with Crippen LogP contribution in [0.15, 0.2) is 77.7 Å². The van der Waals surface area contributed by atoms with Crippen LogP contribution in [0.4, 0.5) is 11.4 Å². The Morgan fingerprint density at radius 3 is 2.17 bits per heavy atom. The summed E-state index contributed by atoms with van der Waals surface area (Å²) in [5.41, 5.74) is 2.98. The number of carbonyl (C=O) groups is 1. The number of hydrogen-bond donors (Lipinski definition) is 2. The van der Waals surface area contributed by atoms with Crippen molar-refractivity contribution in [1.29, 1.82) is 0 Å². The minimum Gasteiger partial charge on any atom is -0.326 e. The van der Waals surface area contributed by atoms with Gasteiger partial charge < -0.3 is 5.32 Å². The third-order valence-corrected chi connectivity index (χ3v) is 6.10. The number of rotatable bonds is 7. The summed E-state index contributed by atoms with van der Waals surface area (Å²) >= 11 is 6.10. The minimum atomic E-state index is -3.70. The Morgan fingerprint density at radius 2 is 1.52 bits per heavy atom. The summed E-state index contributed by atoms with van der Waals surface area (Å²) in [4.78, 5) is 12.3. The molecule has 0 aliphatic carbocycles. The molecule has 0 saturated carbocycles. The van der Waals surface area contributed by atoms with Gasteiger partial charge in [0.05, 0.1) is 4.90 Å². The van der Waals surface area contributed by atoms with Crippen LogP contribution in [0, 0.1) is 6.92 Å². The van der Waals surface area contributed by atoms with E-state index in [4.69, 9.17) is 11.6 Å². The molecule has 7 heteroatoms. The van der Waals surface area contributed by atoms with Gasteiger partial charge in [-0.15, -0.1) is 0 Å². The van der Waals surface area contributed by atoms with Gasteiger partial charge in [0, 0.05) is 22.8 Å². The van der Waals surface area contributed by atoms with Gasteiger partial charge in [-0.2, -0.15) is 0 Å². The van der Waals surface area contributed by atoms with Crippen molar-refractivity contribution in [2.24, 2.45) is 0 Å². The number of amides is 1. The number of carbonyl (C=O) groups excluding carboxylic acids is 1. The molecule has 2 N–H and O–H groups in total. The van der Waals surface area contributed by atoms with E-state index in [0.717, 1.165) is 11.1 Å². The molecule has 1 amide bonds. The third-order valence-electron chi connectivity index (χ3n) is 4.33. The van der Waals surface area contributed by atoms with Gasteiger partial charge in [0.1, 0.15) is 0 Å². The fourth-order valence-corrected chi connectivity index (χ4v) is 4.01.